The smallest absolute Gasteiger partial charge is 0.308 e. The molecule has 0 aromatic carbocycles. The summed E-state index contributed by atoms with van der Waals surface area (Å²) in [7, 11) is 0. The maximum atomic E-state index is 11.5. The van der Waals surface area contributed by atoms with Crippen molar-refractivity contribution in [1.82, 2.24) is 5.32 Å². The minimum atomic E-state index is -0.452. The molecule has 32 heavy (non-hydrogen) atoms. The van der Waals surface area contributed by atoms with E-state index in [1.165, 1.54) is 12.8 Å². The number of fused-ring (bicyclic) bond motifs is 1. The average molecular weight is 454 g/mol. The van der Waals surface area contributed by atoms with E-state index in [1.807, 2.05) is 20.8 Å². The van der Waals surface area contributed by atoms with Crippen LogP contribution in [-0.2, 0) is 28.5 Å². The van der Waals surface area contributed by atoms with E-state index in [-0.39, 0.29) is 12.4 Å². The van der Waals surface area contributed by atoms with Gasteiger partial charge in [-0.1, -0.05) is 0 Å². The predicted molar refractivity (Wildman–Crippen MR) is 123 cm³/mol. The quantitative estimate of drug-likeness (QED) is 0.206. The molecule has 0 spiro atoms. The van der Waals surface area contributed by atoms with Crippen molar-refractivity contribution < 1.29 is 28.5 Å². The van der Waals surface area contributed by atoms with Crippen LogP contribution in [0, 0.1) is 29.6 Å². The molecule has 0 aromatic heterocycles. The standard InChI is InChI=1S/C25H43NO6/c1-25(2,3)32-24(27)10-12-28-14-16-30-18-19-31-17-15-29-13-11-26-20-23-21-8-6-4-5-7-9-22(21)23/h21-23,26H,6-20H2,1-3H3. The summed E-state index contributed by atoms with van der Waals surface area (Å²) in [4.78, 5) is 11.5. The molecule has 0 radical (unpaired) electrons. The molecule has 184 valence electrons. The lowest BCUT2D eigenvalue weighted by Gasteiger charge is -2.19. The van der Waals surface area contributed by atoms with E-state index in [0.717, 1.165) is 43.7 Å². The van der Waals surface area contributed by atoms with E-state index in [4.69, 9.17) is 23.7 Å². The highest BCUT2D eigenvalue weighted by Crippen LogP contribution is 2.51. The number of carbonyl (C=O) groups excluding carboxylic acids is 1. The van der Waals surface area contributed by atoms with Gasteiger partial charge in [0.15, 0.2) is 0 Å². The third-order valence-electron chi connectivity index (χ3n) is 5.63. The van der Waals surface area contributed by atoms with E-state index < -0.39 is 5.60 Å². The number of nitrogens with one attached hydrogen (secondary N) is 1. The summed E-state index contributed by atoms with van der Waals surface area (Å²) in [6.07, 6.45) is 4.98. The van der Waals surface area contributed by atoms with Gasteiger partial charge in [0, 0.05) is 19.4 Å². The van der Waals surface area contributed by atoms with Gasteiger partial charge < -0.3 is 29.0 Å². The average Bonchev–Trinajstić information content (AvgIpc) is 3.35. The highest BCUT2D eigenvalue weighted by atomic mass is 16.6. The van der Waals surface area contributed by atoms with Crippen molar-refractivity contribution in [3.05, 3.63) is 0 Å². The fourth-order valence-corrected chi connectivity index (χ4v) is 4.06. The van der Waals surface area contributed by atoms with Gasteiger partial charge in [0.1, 0.15) is 5.60 Å². The van der Waals surface area contributed by atoms with Gasteiger partial charge >= 0.3 is 5.97 Å². The second kappa shape index (κ2) is 15.6. The number of esters is 1. The molecule has 0 saturated heterocycles. The predicted octanol–water partition coefficient (Wildman–Crippen LogP) is 2.81. The Balaban J connectivity index is 1.25. The van der Waals surface area contributed by atoms with Crippen LogP contribution in [0.15, 0.2) is 0 Å². The van der Waals surface area contributed by atoms with Crippen molar-refractivity contribution in [3.63, 3.8) is 0 Å². The van der Waals surface area contributed by atoms with Crippen LogP contribution in [0.5, 0.6) is 0 Å². The summed E-state index contributed by atoms with van der Waals surface area (Å²) in [5.41, 5.74) is -0.452. The van der Waals surface area contributed by atoms with E-state index in [9.17, 15) is 4.79 Å². The molecule has 2 rings (SSSR count). The van der Waals surface area contributed by atoms with Crippen LogP contribution < -0.4 is 5.32 Å². The van der Waals surface area contributed by atoms with Crippen LogP contribution in [0.3, 0.4) is 0 Å². The highest BCUT2D eigenvalue weighted by Gasteiger charge is 2.47. The summed E-state index contributed by atoms with van der Waals surface area (Å²) in [6, 6.07) is 0. The molecular weight excluding hydrogens is 410 g/mol. The van der Waals surface area contributed by atoms with E-state index in [0.29, 0.717) is 52.9 Å². The van der Waals surface area contributed by atoms with E-state index in [1.54, 1.807) is 0 Å². The third-order valence-corrected chi connectivity index (χ3v) is 5.63. The van der Waals surface area contributed by atoms with Gasteiger partial charge in [0.05, 0.1) is 59.3 Å². The minimum absolute atomic E-state index is 0.244. The Bertz CT molecular complexity index is 561. The summed E-state index contributed by atoms with van der Waals surface area (Å²) in [6.45, 7) is 11.8. The summed E-state index contributed by atoms with van der Waals surface area (Å²) < 4.78 is 27.1. The first-order valence-corrected chi connectivity index (χ1v) is 12.2. The Morgan fingerprint density at radius 1 is 0.812 bits per heavy atom. The lowest BCUT2D eigenvalue weighted by molar-refractivity contribution is -0.156. The van der Waals surface area contributed by atoms with Gasteiger partial charge in [-0.2, -0.15) is 0 Å². The van der Waals surface area contributed by atoms with Crippen molar-refractivity contribution >= 4 is 5.97 Å². The molecule has 1 N–H and O–H groups in total. The molecule has 0 bridgehead atoms. The molecule has 2 unspecified atom stereocenters. The molecule has 1 saturated carbocycles. The zero-order chi connectivity index (χ0) is 23.1. The Morgan fingerprint density at radius 3 is 1.84 bits per heavy atom. The Hall–Kier alpha value is -1.17. The Labute approximate surface area is 194 Å². The maximum absolute atomic E-state index is 11.5. The van der Waals surface area contributed by atoms with Crippen LogP contribution in [0.4, 0.5) is 0 Å². The van der Waals surface area contributed by atoms with Gasteiger partial charge in [0.25, 0.3) is 0 Å². The summed E-state index contributed by atoms with van der Waals surface area (Å²) in [5, 5.41) is 3.54. The largest absolute Gasteiger partial charge is 0.460 e. The molecule has 2 atom stereocenters. The molecule has 0 aromatic rings. The van der Waals surface area contributed by atoms with Crippen molar-refractivity contribution in [2.45, 2.75) is 58.5 Å². The molecule has 0 heterocycles. The van der Waals surface area contributed by atoms with Crippen molar-refractivity contribution in [3.8, 4) is 11.8 Å². The van der Waals surface area contributed by atoms with Crippen molar-refractivity contribution in [2.75, 3.05) is 65.9 Å². The zero-order valence-electron chi connectivity index (χ0n) is 20.3. The number of ether oxygens (including phenoxy) is 5. The maximum Gasteiger partial charge on any atom is 0.308 e. The number of rotatable bonds is 17. The monoisotopic (exact) mass is 453 g/mol. The van der Waals surface area contributed by atoms with Crippen LogP contribution in [-0.4, -0.2) is 77.5 Å². The Kier molecular flexibility index (Phi) is 13.2. The van der Waals surface area contributed by atoms with Crippen LogP contribution in [0.2, 0.25) is 0 Å². The van der Waals surface area contributed by atoms with Gasteiger partial charge in [0.2, 0.25) is 0 Å². The molecule has 0 amide bonds. The molecule has 0 aliphatic heterocycles. The number of carbonyl (C=O) groups is 1. The second-order valence-electron chi connectivity index (χ2n) is 9.41. The molecule has 7 heteroatoms. The third kappa shape index (κ3) is 12.8. The Morgan fingerprint density at radius 2 is 1.31 bits per heavy atom. The van der Waals surface area contributed by atoms with Crippen LogP contribution in [0.25, 0.3) is 0 Å². The normalized spacial score (nSPS) is 22.3. The van der Waals surface area contributed by atoms with Crippen LogP contribution >= 0.6 is 0 Å². The fraction of sp³-hybridized carbons (Fsp3) is 0.880. The topological polar surface area (TPSA) is 75.3 Å². The van der Waals surface area contributed by atoms with E-state index in [2.05, 4.69) is 17.2 Å². The first-order chi connectivity index (χ1) is 15.5. The lowest BCUT2D eigenvalue weighted by atomic mass is 10.1. The van der Waals surface area contributed by atoms with Crippen molar-refractivity contribution in [1.29, 1.82) is 0 Å². The summed E-state index contributed by atoms with van der Waals surface area (Å²) in [5.74, 6) is 8.93. The molecule has 2 aliphatic rings. The lowest BCUT2D eigenvalue weighted by Crippen LogP contribution is -2.24. The number of hydrogen-bond donors (Lipinski definition) is 1. The van der Waals surface area contributed by atoms with E-state index >= 15 is 0 Å². The second-order valence-corrected chi connectivity index (χ2v) is 9.41. The van der Waals surface area contributed by atoms with Gasteiger partial charge in [-0.05, 0) is 57.9 Å². The molecule has 1 fully saturated rings. The highest BCUT2D eigenvalue weighted by molar-refractivity contribution is 5.69. The SMILES string of the molecule is CC(C)(C)OC(=O)CCOCCOCCOCCOCCNCC1C2CCC#CCCC21. The molecule has 7 nitrogen and oxygen atoms in total. The van der Waals surface area contributed by atoms with Gasteiger partial charge in [-0.15, -0.1) is 11.8 Å². The molecular formula is C25H43NO6. The van der Waals surface area contributed by atoms with Gasteiger partial charge in [-0.3, -0.25) is 4.79 Å². The zero-order valence-corrected chi connectivity index (χ0v) is 20.3. The summed E-state index contributed by atoms with van der Waals surface area (Å²) >= 11 is 0. The number of hydrogen-bond acceptors (Lipinski definition) is 7. The fourth-order valence-electron chi connectivity index (χ4n) is 4.06. The van der Waals surface area contributed by atoms with Gasteiger partial charge in [-0.25, -0.2) is 0 Å². The molecule has 2 aliphatic carbocycles. The van der Waals surface area contributed by atoms with Crippen molar-refractivity contribution in [2.24, 2.45) is 17.8 Å². The first kappa shape index (κ1) is 27.1. The van der Waals surface area contributed by atoms with Crippen LogP contribution in [0.1, 0.15) is 52.9 Å². The minimum Gasteiger partial charge on any atom is -0.460 e. The first-order valence-electron chi connectivity index (χ1n) is 12.2.